The highest BCUT2D eigenvalue weighted by Crippen LogP contribution is 2.15. The van der Waals surface area contributed by atoms with Crippen molar-refractivity contribution in [2.24, 2.45) is 5.73 Å². The monoisotopic (exact) mass is 280 g/mol. The highest BCUT2D eigenvalue weighted by molar-refractivity contribution is 6.30. The first-order chi connectivity index (χ1) is 9.29. The number of rotatable bonds is 7. The third kappa shape index (κ3) is 4.22. The molecule has 0 bridgehead atoms. The van der Waals surface area contributed by atoms with Crippen LogP contribution in [0.15, 0.2) is 30.5 Å². The lowest BCUT2D eigenvalue weighted by Crippen LogP contribution is -2.12. The first-order valence-electron chi connectivity index (χ1n) is 6.25. The molecule has 2 aromatic rings. The molecule has 0 spiro atoms. The van der Waals surface area contributed by atoms with Crippen LogP contribution in [0.3, 0.4) is 0 Å². The highest BCUT2D eigenvalue weighted by atomic mass is 35.5. The summed E-state index contributed by atoms with van der Waals surface area (Å²) in [6, 6.07) is 7.34. The molecule has 102 valence electrons. The molecule has 0 unspecified atom stereocenters. The second kappa shape index (κ2) is 7.11. The number of halogens is 1. The van der Waals surface area contributed by atoms with E-state index in [-0.39, 0.29) is 0 Å². The predicted octanol–water partition coefficient (Wildman–Crippen LogP) is 1.90. The summed E-state index contributed by atoms with van der Waals surface area (Å²) in [6.45, 7) is 2.02. The van der Waals surface area contributed by atoms with E-state index in [1.54, 1.807) is 6.20 Å². The third-order valence-electron chi connectivity index (χ3n) is 2.69. The zero-order chi connectivity index (χ0) is 13.5. The molecule has 0 aliphatic rings. The Bertz CT molecular complexity index is 498. The normalized spacial score (nSPS) is 10.6. The van der Waals surface area contributed by atoms with Crippen molar-refractivity contribution in [2.45, 2.75) is 19.4 Å². The van der Waals surface area contributed by atoms with Crippen molar-refractivity contribution < 1.29 is 4.74 Å². The molecule has 0 saturated carbocycles. The Morgan fingerprint density at radius 1 is 1.26 bits per heavy atom. The molecule has 0 aliphatic carbocycles. The van der Waals surface area contributed by atoms with Gasteiger partial charge in [-0.3, -0.25) is 0 Å². The molecule has 2 N–H and O–H groups in total. The summed E-state index contributed by atoms with van der Waals surface area (Å²) in [5.74, 6) is 0.824. The van der Waals surface area contributed by atoms with Crippen LogP contribution in [-0.4, -0.2) is 28.1 Å². The second-order valence-electron chi connectivity index (χ2n) is 4.14. The molecule has 0 fully saturated rings. The van der Waals surface area contributed by atoms with Crippen molar-refractivity contribution in [3.63, 3.8) is 0 Å². The van der Waals surface area contributed by atoms with Gasteiger partial charge >= 0.3 is 0 Å². The molecule has 6 heteroatoms. The molecule has 1 heterocycles. The van der Waals surface area contributed by atoms with Crippen LogP contribution >= 0.6 is 11.6 Å². The van der Waals surface area contributed by atoms with Gasteiger partial charge in [0.25, 0.3) is 0 Å². The molecular formula is C13H17ClN4O. The van der Waals surface area contributed by atoms with Crippen LogP contribution in [0.4, 0.5) is 0 Å². The summed E-state index contributed by atoms with van der Waals surface area (Å²) < 4.78 is 7.49. The molecule has 5 nitrogen and oxygen atoms in total. The van der Waals surface area contributed by atoms with E-state index in [0.717, 1.165) is 30.8 Å². The van der Waals surface area contributed by atoms with Gasteiger partial charge in [-0.05, 0) is 30.8 Å². The SMILES string of the molecule is NCCc1cnnn1CCCOc1ccc(Cl)cc1. The van der Waals surface area contributed by atoms with Gasteiger partial charge in [0.15, 0.2) is 0 Å². The fraction of sp³-hybridized carbons (Fsp3) is 0.385. The van der Waals surface area contributed by atoms with E-state index in [2.05, 4.69) is 10.3 Å². The van der Waals surface area contributed by atoms with Gasteiger partial charge in [0.1, 0.15) is 5.75 Å². The number of hydrogen-bond acceptors (Lipinski definition) is 4. The van der Waals surface area contributed by atoms with Crippen LogP contribution in [0.2, 0.25) is 5.02 Å². The fourth-order valence-corrected chi connectivity index (χ4v) is 1.87. The van der Waals surface area contributed by atoms with E-state index in [1.165, 1.54) is 0 Å². The predicted molar refractivity (Wildman–Crippen MR) is 74.3 cm³/mol. The van der Waals surface area contributed by atoms with Crippen LogP contribution in [-0.2, 0) is 13.0 Å². The Kier molecular flexibility index (Phi) is 5.18. The Hall–Kier alpha value is -1.59. The Labute approximate surface area is 117 Å². The summed E-state index contributed by atoms with van der Waals surface area (Å²) >= 11 is 5.80. The molecule has 2 rings (SSSR count). The molecule has 0 radical (unpaired) electrons. The van der Waals surface area contributed by atoms with Gasteiger partial charge in [0, 0.05) is 24.4 Å². The summed E-state index contributed by atoms with van der Waals surface area (Å²) in [5.41, 5.74) is 6.59. The highest BCUT2D eigenvalue weighted by Gasteiger charge is 2.02. The summed E-state index contributed by atoms with van der Waals surface area (Å²) in [7, 11) is 0. The summed E-state index contributed by atoms with van der Waals surface area (Å²) in [5, 5.41) is 8.63. The van der Waals surface area contributed by atoms with E-state index < -0.39 is 0 Å². The standard InChI is InChI=1S/C13H17ClN4O/c14-11-2-4-13(5-3-11)19-9-1-8-18-12(6-7-15)10-16-17-18/h2-5,10H,1,6-9,15H2. The largest absolute Gasteiger partial charge is 0.494 e. The molecule has 0 atom stereocenters. The van der Waals surface area contributed by atoms with Gasteiger partial charge in [-0.25, -0.2) is 4.68 Å². The van der Waals surface area contributed by atoms with Gasteiger partial charge in [-0.15, -0.1) is 5.10 Å². The Morgan fingerprint density at radius 3 is 2.79 bits per heavy atom. The van der Waals surface area contributed by atoms with Crippen molar-refractivity contribution in [1.82, 2.24) is 15.0 Å². The maximum atomic E-state index is 5.80. The Morgan fingerprint density at radius 2 is 2.05 bits per heavy atom. The van der Waals surface area contributed by atoms with Crippen molar-refractivity contribution in [1.29, 1.82) is 0 Å². The minimum Gasteiger partial charge on any atom is -0.494 e. The average molecular weight is 281 g/mol. The number of hydrogen-bond donors (Lipinski definition) is 1. The van der Waals surface area contributed by atoms with E-state index in [1.807, 2.05) is 28.9 Å². The molecular weight excluding hydrogens is 264 g/mol. The van der Waals surface area contributed by atoms with E-state index in [4.69, 9.17) is 22.1 Å². The quantitative estimate of drug-likeness (QED) is 0.787. The number of aromatic nitrogens is 3. The lowest BCUT2D eigenvalue weighted by atomic mass is 10.3. The smallest absolute Gasteiger partial charge is 0.119 e. The number of benzene rings is 1. The maximum absolute atomic E-state index is 5.80. The number of nitrogens with zero attached hydrogens (tertiary/aromatic N) is 3. The van der Waals surface area contributed by atoms with Gasteiger partial charge in [0.05, 0.1) is 18.5 Å². The molecule has 0 amide bonds. The van der Waals surface area contributed by atoms with E-state index >= 15 is 0 Å². The van der Waals surface area contributed by atoms with E-state index in [9.17, 15) is 0 Å². The first kappa shape index (κ1) is 13.8. The van der Waals surface area contributed by atoms with Gasteiger partial charge in [-0.2, -0.15) is 0 Å². The zero-order valence-electron chi connectivity index (χ0n) is 10.6. The van der Waals surface area contributed by atoms with Crippen LogP contribution in [0.1, 0.15) is 12.1 Å². The summed E-state index contributed by atoms with van der Waals surface area (Å²) in [4.78, 5) is 0. The van der Waals surface area contributed by atoms with Crippen molar-refractivity contribution in [2.75, 3.05) is 13.2 Å². The maximum Gasteiger partial charge on any atom is 0.119 e. The Balaban J connectivity index is 1.74. The summed E-state index contributed by atoms with van der Waals surface area (Å²) in [6.07, 6.45) is 3.42. The van der Waals surface area contributed by atoms with Crippen LogP contribution in [0.25, 0.3) is 0 Å². The van der Waals surface area contributed by atoms with Crippen molar-refractivity contribution in [3.8, 4) is 5.75 Å². The second-order valence-corrected chi connectivity index (χ2v) is 4.58. The number of nitrogens with two attached hydrogens (primary N) is 1. The number of aryl methyl sites for hydroxylation is 1. The minimum absolute atomic E-state index is 0.606. The molecule has 0 saturated heterocycles. The third-order valence-corrected chi connectivity index (χ3v) is 2.95. The van der Waals surface area contributed by atoms with Gasteiger partial charge in [0.2, 0.25) is 0 Å². The topological polar surface area (TPSA) is 66.0 Å². The zero-order valence-corrected chi connectivity index (χ0v) is 11.4. The lowest BCUT2D eigenvalue weighted by Gasteiger charge is -2.07. The molecule has 1 aromatic heterocycles. The number of ether oxygens (including phenoxy) is 1. The van der Waals surface area contributed by atoms with Crippen LogP contribution < -0.4 is 10.5 Å². The van der Waals surface area contributed by atoms with Crippen LogP contribution in [0.5, 0.6) is 5.75 Å². The van der Waals surface area contributed by atoms with Crippen molar-refractivity contribution in [3.05, 3.63) is 41.2 Å². The van der Waals surface area contributed by atoms with E-state index in [0.29, 0.717) is 18.2 Å². The first-order valence-corrected chi connectivity index (χ1v) is 6.63. The lowest BCUT2D eigenvalue weighted by molar-refractivity contribution is 0.297. The fourth-order valence-electron chi connectivity index (χ4n) is 1.74. The van der Waals surface area contributed by atoms with Gasteiger partial charge < -0.3 is 10.5 Å². The average Bonchev–Trinajstić information content (AvgIpc) is 2.85. The molecule has 0 aliphatic heterocycles. The molecule has 1 aromatic carbocycles. The van der Waals surface area contributed by atoms with Crippen LogP contribution in [0, 0.1) is 0 Å². The molecule has 19 heavy (non-hydrogen) atoms. The minimum atomic E-state index is 0.606. The van der Waals surface area contributed by atoms with Crippen molar-refractivity contribution >= 4 is 11.6 Å². The van der Waals surface area contributed by atoms with Gasteiger partial charge in [-0.1, -0.05) is 16.8 Å².